The van der Waals surface area contributed by atoms with E-state index in [4.69, 9.17) is 9.15 Å². The normalized spacial score (nSPS) is 11.7. The number of fused-ring (bicyclic) bond motifs is 1. The predicted octanol–water partition coefficient (Wildman–Crippen LogP) is 1.73. The van der Waals surface area contributed by atoms with E-state index < -0.39 is 30.4 Å². The van der Waals surface area contributed by atoms with Crippen LogP contribution in [0.4, 0.5) is 0 Å². The van der Waals surface area contributed by atoms with Gasteiger partial charge in [-0.1, -0.05) is 18.2 Å². The first-order valence-electron chi connectivity index (χ1n) is 9.26. The number of Topliss-reactive ketones (excluding diaryl/α,β-unsaturated/α-hetero) is 1. The Hall–Kier alpha value is -3.88. The highest BCUT2D eigenvalue weighted by Crippen LogP contribution is 2.23. The molecule has 3 aromatic rings. The molecule has 0 fully saturated rings. The molecular weight excluding hydrogens is 390 g/mol. The Morgan fingerprint density at radius 1 is 1.07 bits per heavy atom. The topological polar surface area (TPSA) is 130 Å². The highest BCUT2D eigenvalue weighted by Gasteiger charge is 2.24. The Balaban J connectivity index is 1.48. The number of carbonyl (C=O) groups excluding carboxylic acids is 4. The molecule has 2 heterocycles. The lowest BCUT2D eigenvalue weighted by molar-refractivity contribution is -0.146. The summed E-state index contributed by atoms with van der Waals surface area (Å²) in [4.78, 5) is 51.4. The summed E-state index contributed by atoms with van der Waals surface area (Å²) in [6.45, 7) is 2.49. The number of aromatic nitrogens is 1. The van der Waals surface area contributed by atoms with Crippen LogP contribution in [0.15, 0.2) is 47.1 Å². The van der Waals surface area contributed by atoms with E-state index in [1.807, 2.05) is 24.3 Å². The number of carbonyl (C=O) groups is 4. The van der Waals surface area contributed by atoms with Crippen molar-refractivity contribution in [2.45, 2.75) is 20.0 Å². The number of esters is 1. The number of aromatic amines is 1. The number of ketones is 1. The number of hydrogen-bond donors (Lipinski definition) is 3. The van der Waals surface area contributed by atoms with Crippen molar-refractivity contribution in [1.82, 2.24) is 15.6 Å². The number of hydrogen-bond acceptors (Lipinski definition) is 6. The lowest BCUT2D eigenvalue weighted by Crippen LogP contribution is -2.40. The maximum absolute atomic E-state index is 12.8. The molecule has 0 radical (unpaired) electrons. The Kier molecular flexibility index (Phi) is 6.31. The van der Waals surface area contributed by atoms with Gasteiger partial charge >= 0.3 is 5.97 Å². The molecule has 0 aliphatic rings. The molecule has 1 atom stereocenters. The fourth-order valence-corrected chi connectivity index (χ4v) is 2.98. The Labute approximate surface area is 171 Å². The van der Waals surface area contributed by atoms with Gasteiger partial charge in [-0.2, -0.15) is 0 Å². The first-order chi connectivity index (χ1) is 14.4. The first-order valence-corrected chi connectivity index (χ1v) is 9.26. The number of furan rings is 1. The summed E-state index contributed by atoms with van der Waals surface area (Å²) in [7, 11) is 0. The molecule has 0 spiro atoms. The lowest BCUT2D eigenvalue weighted by atomic mass is 10.0. The average Bonchev–Trinajstić information content (AvgIpc) is 3.37. The number of aryl methyl sites for hydroxylation is 1. The van der Waals surface area contributed by atoms with Crippen molar-refractivity contribution in [1.29, 1.82) is 0 Å². The second-order valence-electron chi connectivity index (χ2n) is 6.60. The van der Waals surface area contributed by atoms with Crippen LogP contribution in [0.2, 0.25) is 0 Å². The van der Waals surface area contributed by atoms with Crippen molar-refractivity contribution >= 4 is 34.5 Å². The molecule has 0 saturated carbocycles. The van der Waals surface area contributed by atoms with Crippen LogP contribution in [0.3, 0.4) is 0 Å². The Morgan fingerprint density at radius 2 is 1.83 bits per heavy atom. The summed E-state index contributed by atoms with van der Waals surface area (Å²) in [5.74, 6) is -2.17. The van der Waals surface area contributed by atoms with Crippen LogP contribution >= 0.6 is 0 Å². The van der Waals surface area contributed by atoms with Gasteiger partial charge in [0.05, 0.1) is 12.8 Å². The first kappa shape index (κ1) is 20.8. The minimum Gasteiger partial charge on any atom is -0.459 e. The van der Waals surface area contributed by atoms with Crippen LogP contribution < -0.4 is 10.6 Å². The zero-order chi connectivity index (χ0) is 21.7. The predicted molar refractivity (Wildman–Crippen MR) is 107 cm³/mol. The van der Waals surface area contributed by atoms with Gasteiger partial charge in [-0.25, -0.2) is 0 Å². The average molecular weight is 411 g/mol. The second-order valence-corrected chi connectivity index (χ2v) is 6.60. The molecule has 1 aromatic carbocycles. The summed E-state index contributed by atoms with van der Waals surface area (Å²) < 4.78 is 10.1. The van der Waals surface area contributed by atoms with Crippen molar-refractivity contribution < 1.29 is 28.3 Å². The van der Waals surface area contributed by atoms with E-state index in [1.165, 1.54) is 19.3 Å². The molecule has 0 unspecified atom stereocenters. The van der Waals surface area contributed by atoms with E-state index in [0.717, 1.165) is 10.9 Å². The van der Waals surface area contributed by atoms with Crippen molar-refractivity contribution in [3.8, 4) is 0 Å². The monoisotopic (exact) mass is 411 g/mol. The minimum absolute atomic E-state index is 0.0714. The van der Waals surface area contributed by atoms with E-state index in [2.05, 4.69) is 15.6 Å². The SMILES string of the molecule is Cc1[nH]c2ccccc2c1C(=O)[C@H](C)OC(=O)CNC(=O)CNC(=O)c1ccco1. The summed E-state index contributed by atoms with van der Waals surface area (Å²) in [6, 6.07) is 10.4. The van der Waals surface area contributed by atoms with E-state index in [1.54, 1.807) is 13.0 Å². The van der Waals surface area contributed by atoms with Gasteiger partial charge < -0.3 is 24.8 Å². The molecule has 0 bridgehead atoms. The van der Waals surface area contributed by atoms with Gasteiger partial charge in [-0.3, -0.25) is 19.2 Å². The van der Waals surface area contributed by atoms with Crippen molar-refractivity contribution in [3.63, 3.8) is 0 Å². The fraction of sp³-hybridized carbons (Fsp3) is 0.238. The van der Waals surface area contributed by atoms with Crippen molar-refractivity contribution in [2.24, 2.45) is 0 Å². The lowest BCUT2D eigenvalue weighted by Gasteiger charge is -2.13. The van der Waals surface area contributed by atoms with E-state index in [-0.39, 0.29) is 18.1 Å². The van der Waals surface area contributed by atoms with Crippen LogP contribution in [0.5, 0.6) is 0 Å². The van der Waals surface area contributed by atoms with Crippen molar-refractivity contribution in [2.75, 3.05) is 13.1 Å². The minimum atomic E-state index is -1.02. The van der Waals surface area contributed by atoms with Gasteiger partial charge in [0.1, 0.15) is 6.54 Å². The quantitative estimate of drug-likeness (QED) is 0.382. The molecule has 0 aliphatic heterocycles. The molecule has 2 amide bonds. The van der Waals surface area contributed by atoms with Crippen LogP contribution in [0.25, 0.3) is 10.9 Å². The summed E-state index contributed by atoms with van der Waals surface area (Å²) in [5, 5.41) is 5.44. The zero-order valence-corrected chi connectivity index (χ0v) is 16.5. The van der Waals surface area contributed by atoms with Gasteiger partial charge in [0.2, 0.25) is 11.7 Å². The molecule has 30 heavy (non-hydrogen) atoms. The van der Waals surface area contributed by atoms with Crippen LogP contribution in [0, 0.1) is 6.92 Å². The summed E-state index contributed by atoms with van der Waals surface area (Å²) >= 11 is 0. The number of H-pyrrole nitrogens is 1. The second kappa shape index (κ2) is 9.08. The maximum atomic E-state index is 12.8. The van der Waals surface area contributed by atoms with Crippen LogP contribution in [0.1, 0.15) is 33.5 Å². The number of para-hydroxylation sites is 1. The largest absolute Gasteiger partial charge is 0.459 e. The van der Waals surface area contributed by atoms with Crippen LogP contribution in [-0.2, 0) is 14.3 Å². The molecule has 156 valence electrons. The summed E-state index contributed by atoms with van der Waals surface area (Å²) in [5.41, 5.74) is 1.97. The van der Waals surface area contributed by atoms with Gasteiger partial charge in [-0.15, -0.1) is 0 Å². The zero-order valence-electron chi connectivity index (χ0n) is 16.5. The van der Waals surface area contributed by atoms with E-state index in [0.29, 0.717) is 11.3 Å². The van der Waals surface area contributed by atoms with Gasteiger partial charge in [0, 0.05) is 22.2 Å². The number of rotatable bonds is 8. The standard InChI is InChI=1S/C21H21N3O6/c1-12-19(14-6-3-4-7-15(14)24-12)20(27)13(2)30-18(26)11-22-17(25)10-23-21(28)16-8-5-9-29-16/h3-9,13,24H,10-11H2,1-2H3,(H,22,25)(H,23,28)/t13-/m0/s1. The Morgan fingerprint density at radius 3 is 2.57 bits per heavy atom. The van der Waals surface area contributed by atoms with Crippen LogP contribution in [-0.4, -0.2) is 47.7 Å². The van der Waals surface area contributed by atoms with Gasteiger partial charge in [0.25, 0.3) is 5.91 Å². The van der Waals surface area contributed by atoms with Gasteiger partial charge in [0.15, 0.2) is 11.9 Å². The molecule has 9 heteroatoms. The van der Waals surface area contributed by atoms with Gasteiger partial charge in [-0.05, 0) is 32.0 Å². The Bertz CT molecular complexity index is 1080. The number of nitrogens with one attached hydrogen (secondary N) is 3. The summed E-state index contributed by atoms with van der Waals surface area (Å²) in [6.07, 6.45) is 0.316. The highest BCUT2D eigenvalue weighted by molar-refractivity contribution is 6.11. The molecule has 2 aromatic heterocycles. The fourth-order valence-electron chi connectivity index (χ4n) is 2.98. The number of ether oxygens (including phenoxy) is 1. The molecular formula is C21H21N3O6. The third-order valence-corrected chi connectivity index (χ3v) is 4.40. The third kappa shape index (κ3) is 4.75. The number of benzene rings is 1. The molecule has 0 saturated heterocycles. The molecule has 3 N–H and O–H groups in total. The molecule has 3 rings (SSSR count). The maximum Gasteiger partial charge on any atom is 0.326 e. The van der Waals surface area contributed by atoms with E-state index >= 15 is 0 Å². The highest BCUT2D eigenvalue weighted by atomic mass is 16.5. The van der Waals surface area contributed by atoms with Crippen molar-refractivity contribution in [3.05, 3.63) is 59.7 Å². The third-order valence-electron chi connectivity index (χ3n) is 4.40. The smallest absolute Gasteiger partial charge is 0.326 e. The van der Waals surface area contributed by atoms with E-state index in [9.17, 15) is 19.2 Å². The number of amides is 2. The molecule has 9 nitrogen and oxygen atoms in total. The molecule has 0 aliphatic carbocycles.